The highest BCUT2D eigenvalue weighted by Gasteiger charge is 2.31. The first kappa shape index (κ1) is 12.8. The summed E-state index contributed by atoms with van der Waals surface area (Å²) in [5, 5.41) is 12.4. The lowest BCUT2D eigenvalue weighted by Crippen LogP contribution is -2.41. The minimum absolute atomic E-state index is 0.0354. The lowest BCUT2D eigenvalue weighted by Gasteiger charge is -2.35. The van der Waals surface area contributed by atoms with Crippen molar-refractivity contribution in [2.75, 3.05) is 25.2 Å². The third-order valence-electron chi connectivity index (χ3n) is 3.19. The zero-order valence-corrected chi connectivity index (χ0v) is 10.2. The molecule has 0 aromatic carbocycles. The summed E-state index contributed by atoms with van der Waals surface area (Å²) in [5.74, 6) is 0.600. The number of aliphatic hydroxyl groups excluding tert-OH is 1. The maximum atomic E-state index is 11.3. The largest absolute Gasteiger partial charge is 0.396 e. The van der Waals surface area contributed by atoms with E-state index in [1.165, 1.54) is 31.0 Å². The summed E-state index contributed by atoms with van der Waals surface area (Å²) in [4.78, 5) is 11.3. The number of nitrogens with one attached hydrogen (secondary N) is 1. The van der Waals surface area contributed by atoms with E-state index in [-0.39, 0.29) is 17.9 Å². The maximum Gasteiger partial charge on any atom is 0.230 e. The van der Waals surface area contributed by atoms with Gasteiger partial charge in [-0.2, -0.15) is 11.8 Å². The lowest BCUT2D eigenvalue weighted by atomic mass is 9.74. The molecule has 15 heavy (non-hydrogen) atoms. The van der Waals surface area contributed by atoms with Gasteiger partial charge in [0.05, 0.1) is 12.4 Å². The summed E-state index contributed by atoms with van der Waals surface area (Å²) in [5.41, 5.74) is -0.0354. The first-order valence-electron chi connectivity index (χ1n) is 5.59. The highest BCUT2D eigenvalue weighted by Crippen LogP contribution is 2.35. The third-order valence-corrected chi connectivity index (χ3v) is 3.74. The van der Waals surface area contributed by atoms with E-state index in [1.807, 2.05) is 6.26 Å². The monoisotopic (exact) mass is 231 g/mol. The normalized spacial score (nSPS) is 19.9. The van der Waals surface area contributed by atoms with Crippen molar-refractivity contribution in [3.05, 3.63) is 0 Å². The quantitative estimate of drug-likeness (QED) is 0.752. The Labute approximate surface area is 96.0 Å². The zero-order chi connectivity index (χ0) is 11.1. The Kier molecular flexibility index (Phi) is 5.47. The molecule has 2 N–H and O–H groups in total. The van der Waals surface area contributed by atoms with Crippen molar-refractivity contribution in [2.24, 2.45) is 5.41 Å². The molecule has 0 spiro atoms. The molecule has 0 saturated heterocycles. The number of rotatable bonds is 5. The average Bonchev–Trinajstić information content (AvgIpc) is 2.28. The number of thioether (sulfide) groups is 1. The van der Waals surface area contributed by atoms with E-state index in [9.17, 15) is 9.90 Å². The first-order chi connectivity index (χ1) is 7.22. The Morgan fingerprint density at radius 2 is 2.07 bits per heavy atom. The average molecular weight is 231 g/mol. The molecule has 1 saturated carbocycles. The second-order valence-corrected chi connectivity index (χ2v) is 5.29. The molecule has 3 nitrogen and oxygen atoms in total. The molecule has 0 aromatic heterocycles. The van der Waals surface area contributed by atoms with Gasteiger partial charge in [0.2, 0.25) is 5.91 Å². The maximum absolute atomic E-state index is 11.3. The van der Waals surface area contributed by atoms with Crippen LogP contribution in [0, 0.1) is 5.41 Å². The molecule has 1 aliphatic carbocycles. The fraction of sp³-hybridized carbons (Fsp3) is 0.909. The van der Waals surface area contributed by atoms with Gasteiger partial charge in [0, 0.05) is 12.0 Å². The lowest BCUT2D eigenvalue weighted by molar-refractivity contribution is -0.119. The molecule has 1 amide bonds. The molecule has 0 aromatic rings. The summed E-state index contributed by atoms with van der Waals surface area (Å²) < 4.78 is 0. The molecule has 1 fully saturated rings. The van der Waals surface area contributed by atoms with Gasteiger partial charge in [-0.05, 0) is 19.1 Å². The number of carbonyl (C=O) groups is 1. The summed E-state index contributed by atoms with van der Waals surface area (Å²) in [6.07, 6.45) is 7.63. The van der Waals surface area contributed by atoms with E-state index in [2.05, 4.69) is 5.32 Å². The van der Waals surface area contributed by atoms with Crippen LogP contribution in [-0.2, 0) is 4.79 Å². The van der Waals surface area contributed by atoms with E-state index < -0.39 is 0 Å². The molecular weight excluding hydrogens is 210 g/mol. The molecule has 1 rings (SSSR count). The molecular formula is C11H21NO2S. The van der Waals surface area contributed by atoms with Crippen molar-refractivity contribution in [3.63, 3.8) is 0 Å². The minimum atomic E-state index is -0.0354. The van der Waals surface area contributed by atoms with Crippen molar-refractivity contribution < 1.29 is 9.90 Å². The number of carbonyl (C=O) groups excluding carboxylic acids is 1. The Balaban J connectivity index is 2.35. The minimum Gasteiger partial charge on any atom is -0.396 e. The first-order valence-corrected chi connectivity index (χ1v) is 6.98. The van der Waals surface area contributed by atoms with Gasteiger partial charge in [-0.1, -0.05) is 19.3 Å². The van der Waals surface area contributed by atoms with Gasteiger partial charge in [-0.25, -0.2) is 0 Å². The van der Waals surface area contributed by atoms with Crippen molar-refractivity contribution in [3.8, 4) is 0 Å². The fourth-order valence-electron chi connectivity index (χ4n) is 2.16. The molecule has 0 aliphatic heterocycles. The SMILES string of the molecule is CSCC(=O)NCC1(CO)CCCCC1. The van der Waals surface area contributed by atoms with Gasteiger partial charge in [0.1, 0.15) is 0 Å². The molecule has 0 bridgehead atoms. The van der Waals surface area contributed by atoms with Crippen molar-refractivity contribution in [1.29, 1.82) is 0 Å². The van der Waals surface area contributed by atoms with Crippen LogP contribution in [0.5, 0.6) is 0 Å². The Morgan fingerprint density at radius 1 is 1.40 bits per heavy atom. The van der Waals surface area contributed by atoms with Crippen LogP contribution in [0.2, 0.25) is 0 Å². The molecule has 0 heterocycles. The van der Waals surface area contributed by atoms with Gasteiger partial charge in [0.15, 0.2) is 0 Å². The van der Waals surface area contributed by atoms with Crippen LogP contribution in [0.3, 0.4) is 0 Å². The van der Waals surface area contributed by atoms with Crippen LogP contribution >= 0.6 is 11.8 Å². The highest BCUT2D eigenvalue weighted by atomic mass is 32.2. The standard InChI is InChI=1S/C11H21NO2S/c1-15-7-10(14)12-8-11(9-13)5-3-2-4-6-11/h13H,2-9H2,1H3,(H,12,14). The van der Waals surface area contributed by atoms with Gasteiger partial charge in [-0.3, -0.25) is 4.79 Å². The van der Waals surface area contributed by atoms with Crippen LogP contribution in [-0.4, -0.2) is 36.2 Å². The molecule has 0 radical (unpaired) electrons. The van der Waals surface area contributed by atoms with Crippen LogP contribution in [0.15, 0.2) is 0 Å². The summed E-state index contributed by atoms with van der Waals surface area (Å²) in [6.45, 7) is 0.843. The van der Waals surface area contributed by atoms with Crippen LogP contribution < -0.4 is 5.32 Å². The summed E-state index contributed by atoms with van der Waals surface area (Å²) in [6, 6.07) is 0. The fourth-order valence-corrected chi connectivity index (χ4v) is 2.53. The predicted octanol–water partition coefficient (Wildman–Crippen LogP) is 1.41. The third kappa shape index (κ3) is 4.03. The topological polar surface area (TPSA) is 49.3 Å². The van der Waals surface area contributed by atoms with Gasteiger partial charge >= 0.3 is 0 Å². The number of hydrogen-bond acceptors (Lipinski definition) is 3. The van der Waals surface area contributed by atoms with Crippen molar-refractivity contribution in [2.45, 2.75) is 32.1 Å². The van der Waals surface area contributed by atoms with Gasteiger partial charge in [-0.15, -0.1) is 0 Å². The van der Waals surface area contributed by atoms with E-state index in [0.29, 0.717) is 12.3 Å². The van der Waals surface area contributed by atoms with Crippen molar-refractivity contribution in [1.82, 2.24) is 5.32 Å². The molecule has 0 atom stereocenters. The van der Waals surface area contributed by atoms with E-state index in [4.69, 9.17) is 0 Å². The zero-order valence-electron chi connectivity index (χ0n) is 9.42. The highest BCUT2D eigenvalue weighted by molar-refractivity contribution is 7.99. The summed E-state index contributed by atoms with van der Waals surface area (Å²) >= 11 is 1.53. The van der Waals surface area contributed by atoms with Crippen LogP contribution in [0.4, 0.5) is 0 Å². The Bertz CT molecular complexity index is 203. The van der Waals surface area contributed by atoms with Crippen molar-refractivity contribution >= 4 is 17.7 Å². The molecule has 88 valence electrons. The molecule has 4 heteroatoms. The van der Waals surface area contributed by atoms with E-state index in [1.54, 1.807) is 0 Å². The Hall–Kier alpha value is -0.220. The van der Waals surface area contributed by atoms with E-state index >= 15 is 0 Å². The van der Waals surface area contributed by atoms with Crippen LogP contribution in [0.1, 0.15) is 32.1 Å². The van der Waals surface area contributed by atoms with Crippen LogP contribution in [0.25, 0.3) is 0 Å². The van der Waals surface area contributed by atoms with Gasteiger partial charge < -0.3 is 10.4 Å². The molecule has 1 aliphatic rings. The van der Waals surface area contributed by atoms with Gasteiger partial charge in [0.25, 0.3) is 0 Å². The number of aliphatic hydroxyl groups is 1. The smallest absolute Gasteiger partial charge is 0.230 e. The van der Waals surface area contributed by atoms with E-state index in [0.717, 1.165) is 12.8 Å². The second kappa shape index (κ2) is 6.38. The Morgan fingerprint density at radius 3 is 2.60 bits per heavy atom. The summed E-state index contributed by atoms with van der Waals surface area (Å²) in [7, 11) is 0. The molecule has 0 unspecified atom stereocenters. The second-order valence-electron chi connectivity index (χ2n) is 4.43. The number of hydrogen-bond donors (Lipinski definition) is 2. The number of amides is 1. The predicted molar refractivity (Wildman–Crippen MR) is 64.0 cm³/mol.